The first-order valence-corrected chi connectivity index (χ1v) is 9.36. The van der Waals surface area contributed by atoms with E-state index in [2.05, 4.69) is 15.4 Å². The third-order valence-electron chi connectivity index (χ3n) is 3.76. The molecule has 0 bridgehead atoms. The fourth-order valence-electron chi connectivity index (χ4n) is 2.28. The maximum absolute atomic E-state index is 13.1. The lowest BCUT2D eigenvalue weighted by molar-refractivity contribution is -0.384. The molecule has 2 rings (SSSR count). The number of non-ortho nitro benzene ring substituents is 1. The lowest BCUT2D eigenvalue weighted by Crippen LogP contribution is -2.33. The minimum Gasteiger partial charge on any atom is -0.487 e. The molecule has 0 aliphatic heterocycles. The van der Waals surface area contributed by atoms with E-state index in [1.54, 1.807) is 6.92 Å². The van der Waals surface area contributed by atoms with E-state index < -0.39 is 41.3 Å². The van der Waals surface area contributed by atoms with Crippen molar-refractivity contribution >= 4 is 40.4 Å². The van der Waals surface area contributed by atoms with Gasteiger partial charge in [-0.1, -0.05) is 0 Å². The lowest BCUT2D eigenvalue weighted by Gasteiger charge is -2.17. The number of carbonyl (C=O) groups is 1. The van der Waals surface area contributed by atoms with Gasteiger partial charge in [0.2, 0.25) is 0 Å². The number of nitro benzene ring substituents is 1. The maximum atomic E-state index is 13.1. The van der Waals surface area contributed by atoms with Gasteiger partial charge in [0, 0.05) is 17.8 Å². The number of carbonyl (C=O) groups excluding carboxylic acids is 1. The molecule has 0 aromatic heterocycles. The highest BCUT2D eigenvalue weighted by Crippen LogP contribution is 2.29. The van der Waals surface area contributed by atoms with Crippen LogP contribution in [0.3, 0.4) is 0 Å². The molecule has 0 saturated heterocycles. The molecule has 0 unspecified atom stereocenters. The summed E-state index contributed by atoms with van der Waals surface area (Å²) in [6, 6.07) is 9.01. The van der Waals surface area contributed by atoms with Gasteiger partial charge in [-0.15, -0.1) is 0 Å². The predicted molar refractivity (Wildman–Crippen MR) is 112 cm³/mol. The van der Waals surface area contributed by atoms with E-state index in [1.807, 2.05) is 0 Å². The quantitative estimate of drug-likeness (QED) is 0.174. The van der Waals surface area contributed by atoms with E-state index in [0.717, 1.165) is 18.2 Å². The predicted octanol–water partition coefficient (Wildman–Crippen LogP) is 4.86. The van der Waals surface area contributed by atoms with Gasteiger partial charge in [0.15, 0.2) is 11.7 Å². The summed E-state index contributed by atoms with van der Waals surface area (Å²) in [6.07, 6.45) is -3.95. The first kappa shape index (κ1) is 24.8. The van der Waals surface area contributed by atoms with Gasteiger partial charge in [-0.05, 0) is 43.4 Å². The number of nitrogens with one attached hydrogen (secondary N) is 2. The molecule has 0 heterocycles. The number of ether oxygens (including phenoxy) is 2. The highest BCUT2D eigenvalue weighted by Gasteiger charge is 2.41. The van der Waals surface area contributed by atoms with Crippen molar-refractivity contribution in [2.45, 2.75) is 19.3 Å². The first-order chi connectivity index (χ1) is 15.0. The van der Waals surface area contributed by atoms with Gasteiger partial charge in [0.05, 0.1) is 28.8 Å². The third-order valence-corrected chi connectivity index (χ3v) is 3.97. The average Bonchev–Trinajstić information content (AvgIpc) is 2.72. The van der Waals surface area contributed by atoms with Gasteiger partial charge in [0.25, 0.3) is 5.69 Å². The first-order valence-electron chi connectivity index (χ1n) is 8.95. The Hall–Kier alpha value is -3.48. The van der Waals surface area contributed by atoms with Gasteiger partial charge >= 0.3 is 18.3 Å². The van der Waals surface area contributed by atoms with Crippen molar-refractivity contribution in [2.75, 3.05) is 23.8 Å². The molecule has 13 heteroatoms. The number of nitro groups is 1. The van der Waals surface area contributed by atoms with Gasteiger partial charge < -0.3 is 20.1 Å². The van der Waals surface area contributed by atoms with E-state index in [0.29, 0.717) is 11.3 Å². The van der Waals surface area contributed by atoms with Crippen LogP contribution in [-0.2, 0) is 4.74 Å². The van der Waals surface area contributed by atoms with Gasteiger partial charge in [-0.25, -0.2) is 13.6 Å². The Labute approximate surface area is 184 Å². The highest BCUT2D eigenvalue weighted by atomic mass is 32.1. The molecule has 2 N–H and O–H groups in total. The minimum atomic E-state index is -4.43. The minimum absolute atomic E-state index is 0.00444. The average molecular weight is 475 g/mol. The SMILES string of the molecule is CCOC(=O)c1ccc(NC(=S)Nc2cc(OCC(F)(F)C(F)F)cc([N+](=O)[O-])c2)cc1. The Kier molecular flexibility index (Phi) is 8.29. The molecule has 0 saturated carbocycles. The molecular formula is C19H17F4N3O5S. The maximum Gasteiger partial charge on any atom is 0.340 e. The summed E-state index contributed by atoms with van der Waals surface area (Å²) in [5.74, 6) is -5.35. The van der Waals surface area contributed by atoms with Gasteiger partial charge in [0.1, 0.15) is 5.75 Å². The second kappa shape index (κ2) is 10.7. The van der Waals surface area contributed by atoms with Crippen molar-refractivity contribution in [2.24, 2.45) is 0 Å². The van der Waals surface area contributed by atoms with Crippen LogP contribution in [0.15, 0.2) is 42.5 Å². The molecule has 0 aliphatic carbocycles. The highest BCUT2D eigenvalue weighted by molar-refractivity contribution is 7.80. The van der Waals surface area contributed by atoms with E-state index in [-0.39, 0.29) is 17.4 Å². The Bertz CT molecular complexity index is 989. The van der Waals surface area contributed by atoms with Crippen LogP contribution < -0.4 is 15.4 Å². The molecule has 2 aromatic carbocycles. The summed E-state index contributed by atoms with van der Waals surface area (Å²) in [6.45, 7) is 0.231. The number of hydrogen-bond acceptors (Lipinski definition) is 6. The number of rotatable bonds is 9. The van der Waals surface area contributed by atoms with Gasteiger partial charge in [-0.3, -0.25) is 10.1 Å². The zero-order valence-electron chi connectivity index (χ0n) is 16.4. The number of nitrogens with zero attached hydrogens (tertiary/aromatic N) is 1. The summed E-state index contributed by atoms with van der Waals surface area (Å²) in [5, 5.41) is 16.4. The van der Waals surface area contributed by atoms with Crippen LogP contribution in [0.25, 0.3) is 0 Å². The van der Waals surface area contributed by atoms with Crippen molar-refractivity contribution in [1.82, 2.24) is 0 Å². The molecule has 0 fully saturated rings. The topological polar surface area (TPSA) is 103 Å². The number of alkyl halides is 4. The number of hydrogen-bond donors (Lipinski definition) is 2. The Balaban J connectivity index is 2.10. The second-order valence-corrected chi connectivity index (χ2v) is 6.61. The van der Waals surface area contributed by atoms with Crippen molar-refractivity contribution < 1.29 is 36.8 Å². The van der Waals surface area contributed by atoms with Crippen molar-refractivity contribution in [3.05, 3.63) is 58.1 Å². The van der Waals surface area contributed by atoms with E-state index in [1.165, 1.54) is 24.3 Å². The molecule has 32 heavy (non-hydrogen) atoms. The largest absolute Gasteiger partial charge is 0.487 e. The van der Waals surface area contributed by atoms with Crippen LogP contribution in [0, 0.1) is 10.1 Å². The van der Waals surface area contributed by atoms with Crippen LogP contribution in [0.1, 0.15) is 17.3 Å². The molecule has 0 amide bonds. The third kappa shape index (κ3) is 7.04. The Morgan fingerprint density at radius 1 is 1.16 bits per heavy atom. The number of halogens is 4. The molecule has 8 nitrogen and oxygen atoms in total. The van der Waals surface area contributed by atoms with Crippen molar-refractivity contribution in [3.63, 3.8) is 0 Å². The van der Waals surface area contributed by atoms with Crippen LogP contribution in [0.4, 0.5) is 34.6 Å². The number of esters is 1. The fourth-order valence-corrected chi connectivity index (χ4v) is 2.52. The van der Waals surface area contributed by atoms with E-state index >= 15 is 0 Å². The van der Waals surface area contributed by atoms with Crippen LogP contribution >= 0.6 is 12.2 Å². The molecule has 2 aromatic rings. The number of anilines is 2. The zero-order chi connectivity index (χ0) is 23.9. The molecule has 0 spiro atoms. The van der Waals surface area contributed by atoms with E-state index in [9.17, 15) is 32.5 Å². The summed E-state index contributed by atoms with van der Waals surface area (Å²) in [4.78, 5) is 21.9. The smallest absolute Gasteiger partial charge is 0.340 e. The summed E-state index contributed by atoms with van der Waals surface area (Å²) in [7, 11) is 0. The lowest BCUT2D eigenvalue weighted by atomic mass is 10.2. The second-order valence-electron chi connectivity index (χ2n) is 6.20. The van der Waals surface area contributed by atoms with E-state index in [4.69, 9.17) is 17.0 Å². The van der Waals surface area contributed by atoms with Crippen molar-refractivity contribution in [3.8, 4) is 5.75 Å². The molecule has 0 radical (unpaired) electrons. The Morgan fingerprint density at radius 3 is 2.34 bits per heavy atom. The molecular weight excluding hydrogens is 458 g/mol. The summed E-state index contributed by atoms with van der Waals surface area (Å²) in [5.41, 5.74) is 0.244. The molecule has 172 valence electrons. The van der Waals surface area contributed by atoms with Crippen molar-refractivity contribution in [1.29, 1.82) is 0 Å². The summed E-state index contributed by atoms with van der Waals surface area (Å²) >= 11 is 5.11. The van der Waals surface area contributed by atoms with Gasteiger partial charge in [-0.2, -0.15) is 8.78 Å². The monoisotopic (exact) mass is 475 g/mol. The Morgan fingerprint density at radius 2 is 1.78 bits per heavy atom. The van der Waals surface area contributed by atoms with Crippen LogP contribution in [-0.4, -0.2) is 41.6 Å². The van der Waals surface area contributed by atoms with Crippen LogP contribution in [0.5, 0.6) is 5.75 Å². The zero-order valence-corrected chi connectivity index (χ0v) is 17.3. The standard InChI is InChI=1S/C19H17F4N3O5S/c1-2-30-16(27)11-3-5-12(6-4-11)24-18(32)25-13-7-14(26(28)29)9-15(8-13)31-10-19(22,23)17(20)21/h3-9,17H,2,10H2,1H3,(H2,24,25,32). The van der Waals surface area contributed by atoms with Crippen LogP contribution in [0.2, 0.25) is 0 Å². The molecule has 0 atom stereocenters. The number of thiocarbonyl (C=S) groups is 1. The summed E-state index contributed by atoms with van der Waals surface area (Å²) < 4.78 is 60.2. The number of benzene rings is 2. The fraction of sp³-hybridized carbons (Fsp3) is 0.263. The molecule has 0 aliphatic rings. The normalized spacial score (nSPS) is 11.1.